The quantitative estimate of drug-likeness (QED) is 0.737. The zero-order valence-corrected chi connectivity index (χ0v) is 10.2. The summed E-state index contributed by atoms with van der Waals surface area (Å²) in [6.07, 6.45) is 5.20. The van der Waals surface area contributed by atoms with Gasteiger partial charge in [0.1, 0.15) is 0 Å². The van der Waals surface area contributed by atoms with E-state index in [1.807, 2.05) is 0 Å². The third kappa shape index (κ3) is 2.03. The maximum Gasteiger partial charge on any atom is 0.172 e. The molecule has 1 fully saturated rings. The number of hydrogen-bond acceptors (Lipinski definition) is 2. The van der Waals surface area contributed by atoms with Gasteiger partial charge in [0.05, 0.1) is 13.2 Å². The van der Waals surface area contributed by atoms with Gasteiger partial charge >= 0.3 is 0 Å². The van der Waals surface area contributed by atoms with Crippen LogP contribution < -0.4 is 0 Å². The van der Waals surface area contributed by atoms with Gasteiger partial charge in [0, 0.05) is 12.8 Å². The highest BCUT2D eigenvalue weighted by atomic mass is 16.7. The summed E-state index contributed by atoms with van der Waals surface area (Å²) in [7, 11) is 0. The fourth-order valence-corrected chi connectivity index (χ4v) is 2.74. The molecule has 0 saturated carbocycles. The van der Waals surface area contributed by atoms with E-state index in [2.05, 4.69) is 37.3 Å². The van der Waals surface area contributed by atoms with E-state index in [4.69, 9.17) is 9.47 Å². The zero-order valence-electron chi connectivity index (χ0n) is 10.2. The molecule has 0 bridgehead atoms. The van der Waals surface area contributed by atoms with E-state index in [9.17, 15) is 0 Å². The predicted molar refractivity (Wildman–Crippen MR) is 67.6 cm³/mol. The first-order valence-corrected chi connectivity index (χ1v) is 6.32. The van der Waals surface area contributed by atoms with Gasteiger partial charge in [-0.15, -0.1) is 0 Å². The monoisotopic (exact) mass is 230 g/mol. The smallest absolute Gasteiger partial charge is 0.172 e. The van der Waals surface area contributed by atoms with Crippen LogP contribution in [0, 0.1) is 6.92 Å². The third-order valence-electron chi connectivity index (χ3n) is 3.74. The van der Waals surface area contributed by atoms with Crippen LogP contribution in [0.2, 0.25) is 0 Å². The van der Waals surface area contributed by atoms with Crippen molar-refractivity contribution in [2.24, 2.45) is 0 Å². The molecular formula is C15H18O2. The fourth-order valence-electron chi connectivity index (χ4n) is 2.74. The largest absolute Gasteiger partial charge is 0.347 e. The van der Waals surface area contributed by atoms with Gasteiger partial charge in [-0.3, -0.25) is 0 Å². The van der Waals surface area contributed by atoms with Crippen molar-refractivity contribution in [2.45, 2.75) is 32.0 Å². The van der Waals surface area contributed by atoms with Crippen LogP contribution in [-0.4, -0.2) is 19.0 Å². The van der Waals surface area contributed by atoms with Gasteiger partial charge in [0.25, 0.3) is 0 Å². The first kappa shape index (κ1) is 11.0. The van der Waals surface area contributed by atoms with Gasteiger partial charge in [-0.1, -0.05) is 30.3 Å². The van der Waals surface area contributed by atoms with Crippen LogP contribution in [0.25, 0.3) is 5.57 Å². The zero-order chi connectivity index (χ0) is 11.7. The van der Waals surface area contributed by atoms with Crippen molar-refractivity contribution in [3.05, 3.63) is 41.5 Å². The van der Waals surface area contributed by atoms with Crippen molar-refractivity contribution in [1.82, 2.24) is 0 Å². The molecule has 0 N–H and O–H groups in total. The Labute approximate surface area is 102 Å². The van der Waals surface area contributed by atoms with Gasteiger partial charge in [0.15, 0.2) is 5.79 Å². The Bertz CT molecular complexity index is 442. The van der Waals surface area contributed by atoms with Crippen LogP contribution in [0.4, 0.5) is 0 Å². The lowest BCUT2D eigenvalue weighted by atomic mass is 9.88. The molecular weight excluding hydrogens is 212 g/mol. The lowest BCUT2D eigenvalue weighted by Gasteiger charge is -2.31. The number of aryl methyl sites for hydroxylation is 1. The molecule has 1 aromatic carbocycles. The molecule has 1 heterocycles. The van der Waals surface area contributed by atoms with E-state index in [0.29, 0.717) is 0 Å². The predicted octanol–water partition coefficient (Wildman–Crippen LogP) is 3.31. The third-order valence-corrected chi connectivity index (χ3v) is 3.74. The molecule has 1 spiro atoms. The molecule has 2 heteroatoms. The summed E-state index contributed by atoms with van der Waals surface area (Å²) >= 11 is 0. The Morgan fingerprint density at radius 1 is 1.12 bits per heavy atom. The molecule has 2 nitrogen and oxygen atoms in total. The second kappa shape index (κ2) is 4.28. The topological polar surface area (TPSA) is 18.5 Å². The minimum Gasteiger partial charge on any atom is -0.347 e. The second-order valence-corrected chi connectivity index (χ2v) is 4.86. The van der Waals surface area contributed by atoms with Gasteiger partial charge in [-0.2, -0.15) is 0 Å². The van der Waals surface area contributed by atoms with Crippen LogP contribution in [0.5, 0.6) is 0 Å². The molecule has 1 aliphatic carbocycles. The van der Waals surface area contributed by atoms with Crippen molar-refractivity contribution >= 4 is 5.57 Å². The average Bonchev–Trinajstić information content (AvgIpc) is 2.80. The van der Waals surface area contributed by atoms with Crippen LogP contribution in [0.3, 0.4) is 0 Å². The Balaban J connectivity index is 1.83. The van der Waals surface area contributed by atoms with Crippen molar-refractivity contribution in [3.63, 3.8) is 0 Å². The average molecular weight is 230 g/mol. The minimum absolute atomic E-state index is 0.299. The number of rotatable bonds is 1. The van der Waals surface area contributed by atoms with Gasteiger partial charge in [-0.25, -0.2) is 0 Å². The number of ether oxygens (including phenoxy) is 2. The fraction of sp³-hybridized carbons (Fsp3) is 0.467. The summed E-state index contributed by atoms with van der Waals surface area (Å²) in [6, 6.07) is 8.57. The van der Waals surface area contributed by atoms with Crippen LogP contribution >= 0.6 is 0 Å². The van der Waals surface area contributed by atoms with Gasteiger partial charge < -0.3 is 9.47 Å². The first-order valence-electron chi connectivity index (χ1n) is 6.32. The van der Waals surface area contributed by atoms with E-state index < -0.39 is 0 Å². The van der Waals surface area contributed by atoms with Crippen LogP contribution in [-0.2, 0) is 9.47 Å². The molecule has 1 aliphatic heterocycles. The van der Waals surface area contributed by atoms with E-state index in [0.717, 1.165) is 32.5 Å². The van der Waals surface area contributed by atoms with Crippen molar-refractivity contribution in [2.75, 3.05) is 13.2 Å². The van der Waals surface area contributed by atoms with Crippen molar-refractivity contribution in [1.29, 1.82) is 0 Å². The van der Waals surface area contributed by atoms with E-state index in [1.54, 1.807) is 0 Å². The minimum atomic E-state index is -0.299. The SMILES string of the molecule is Cc1ccccc1C1=CCC2(CC1)OCCO2. The lowest BCUT2D eigenvalue weighted by molar-refractivity contribution is -0.159. The van der Waals surface area contributed by atoms with Crippen molar-refractivity contribution in [3.8, 4) is 0 Å². The van der Waals surface area contributed by atoms with Gasteiger partial charge in [-0.05, 0) is 30.0 Å². The van der Waals surface area contributed by atoms with E-state index in [-0.39, 0.29) is 5.79 Å². The molecule has 0 aromatic heterocycles. The maximum absolute atomic E-state index is 5.73. The molecule has 90 valence electrons. The summed E-state index contributed by atoms with van der Waals surface area (Å²) in [5.74, 6) is -0.299. The highest BCUT2D eigenvalue weighted by Gasteiger charge is 2.37. The highest BCUT2D eigenvalue weighted by molar-refractivity contribution is 5.69. The number of hydrogen-bond donors (Lipinski definition) is 0. The number of benzene rings is 1. The van der Waals surface area contributed by atoms with Crippen LogP contribution in [0.15, 0.2) is 30.3 Å². The summed E-state index contributed by atoms with van der Waals surface area (Å²) in [4.78, 5) is 0. The van der Waals surface area contributed by atoms with Gasteiger partial charge in [0.2, 0.25) is 0 Å². The molecule has 0 radical (unpaired) electrons. The molecule has 1 aromatic rings. The standard InChI is InChI=1S/C15H18O2/c1-12-4-2-3-5-14(12)13-6-8-15(9-7-13)16-10-11-17-15/h2-6H,7-11H2,1H3. The summed E-state index contributed by atoms with van der Waals surface area (Å²) in [5.41, 5.74) is 4.16. The molecule has 0 unspecified atom stereocenters. The molecule has 17 heavy (non-hydrogen) atoms. The molecule has 1 saturated heterocycles. The first-order chi connectivity index (χ1) is 8.29. The Morgan fingerprint density at radius 2 is 1.88 bits per heavy atom. The normalized spacial score (nSPS) is 22.8. The molecule has 2 aliphatic rings. The van der Waals surface area contributed by atoms with Crippen molar-refractivity contribution < 1.29 is 9.47 Å². The Hall–Kier alpha value is -1.12. The summed E-state index contributed by atoms with van der Waals surface area (Å²) in [5, 5.41) is 0. The summed E-state index contributed by atoms with van der Waals surface area (Å²) < 4.78 is 11.5. The molecule has 0 atom stereocenters. The lowest BCUT2D eigenvalue weighted by Crippen LogP contribution is -2.31. The van der Waals surface area contributed by atoms with E-state index in [1.165, 1.54) is 16.7 Å². The Morgan fingerprint density at radius 3 is 2.53 bits per heavy atom. The van der Waals surface area contributed by atoms with E-state index >= 15 is 0 Å². The summed E-state index contributed by atoms with van der Waals surface area (Å²) in [6.45, 7) is 3.66. The molecule has 0 amide bonds. The maximum atomic E-state index is 5.73. The molecule has 3 rings (SSSR count). The Kier molecular flexibility index (Phi) is 2.77. The van der Waals surface area contributed by atoms with Crippen LogP contribution in [0.1, 0.15) is 30.4 Å². The highest BCUT2D eigenvalue weighted by Crippen LogP contribution is 2.38. The number of allylic oxidation sites excluding steroid dienone is 1. The second-order valence-electron chi connectivity index (χ2n) is 4.86.